The molecule has 9 nitrogen and oxygen atoms in total. The number of carbonyl (C=O) groups is 4. The Bertz CT molecular complexity index is 1220. The van der Waals surface area contributed by atoms with Crippen molar-refractivity contribution in [3.63, 3.8) is 0 Å². The number of rotatable bonds is 9. The van der Waals surface area contributed by atoms with Gasteiger partial charge >= 0.3 is 6.09 Å². The Hall–Kier alpha value is -3.88. The quantitative estimate of drug-likeness (QED) is 0.457. The van der Waals surface area contributed by atoms with Crippen molar-refractivity contribution in [2.45, 2.75) is 84.5 Å². The maximum Gasteiger partial charge on any atom is 0.408 e. The number of para-hydroxylation sites is 1. The maximum absolute atomic E-state index is 14.1. The Morgan fingerprint density at radius 1 is 1.00 bits per heavy atom. The van der Waals surface area contributed by atoms with Crippen LogP contribution in [0, 0.1) is 20.8 Å². The van der Waals surface area contributed by atoms with E-state index in [1.165, 1.54) is 4.90 Å². The highest BCUT2D eigenvalue weighted by Crippen LogP contribution is 2.38. The van der Waals surface area contributed by atoms with Crippen LogP contribution in [0.5, 0.6) is 0 Å². The standard InChI is InChI=1S/C29H38N4O5/c1-17-11-9-12-21(19(17)3)25(26(35)31-22-13-8-7-10-18(22)2)33(20-14-15-20)27(36)23(16-24(30)34)32-28(37)38-29(4,5)6/h7-13,20,23,25H,14-16H2,1-6H3,(H2,30,34)(H,31,35)(H,32,37). The molecule has 38 heavy (non-hydrogen) atoms. The number of amides is 4. The smallest absolute Gasteiger partial charge is 0.408 e. The molecule has 1 fully saturated rings. The molecule has 0 saturated heterocycles. The van der Waals surface area contributed by atoms with E-state index in [1.807, 2.05) is 57.2 Å². The second-order valence-electron chi connectivity index (χ2n) is 10.8. The number of alkyl carbamates (subject to hydrolysis) is 1. The van der Waals surface area contributed by atoms with Gasteiger partial charge in [-0.25, -0.2) is 4.79 Å². The summed E-state index contributed by atoms with van der Waals surface area (Å²) < 4.78 is 5.32. The number of primary amides is 1. The van der Waals surface area contributed by atoms with Gasteiger partial charge in [0.15, 0.2) is 0 Å². The zero-order valence-corrected chi connectivity index (χ0v) is 23.0. The molecule has 1 saturated carbocycles. The molecule has 1 aliphatic carbocycles. The van der Waals surface area contributed by atoms with Gasteiger partial charge in [-0.1, -0.05) is 36.4 Å². The van der Waals surface area contributed by atoms with Gasteiger partial charge in [0.05, 0.1) is 6.42 Å². The highest BCUT2D eigenvalue weighted by molar-refractivity contribution is 6.00. The van der Waals surface area contributed by atoms with Gasteiger partial charge in [0.2, 0.25) is 11.8 Å². The minimum atomic E-state index is -1.29. The number of hydrogen-bond donors (Lipinski definition) is 3. The van der Waals surface area contributed by atoms with E-state index in [2.05, 4.69) is 10.6 Å². The third kappa shape index (κ3) is 7.34. The Balaban J connectivity index is 2.05. The van der Waals surface area contributed by atoms with Crippen molar-refractivity contribution in [1.82, 2.24) is 10.2 Å². The van der Waals surface area contributed by atoms with E-state index in [1.54, 1.807) is 26.8 Å². The van der Waals surface area contributed by atoms with Crippen LogP contribution in [0.2, 0.25) is 0 Å². The number of nitrogens with zero attached hydrogens (tertiary/aromatic N) is 1. The number of benzene rings is 2. The van der Waals surface area contributed by atoms with Crippen molar-refractivity contribution in [2.24, 2.45) is 5.73 Å². The van der Waals surface area contributed by atoms with Crippen molar-refractivity contribution in [2.75, 3.05) is 5.32 Å². The molecule has 4 amide bonds. The average Bonchev–Trinajstić information content (AvgIpc) is 3.64. The van der Waals surface area contributed by atoms with Crippen molar-refractivity contribution < 1.29 is 23.9 Å². The largest absolute Gasteiger partial charge is 0.444 e. The summed E-state index contributed by atoms with van der Waals surface area (Å²) in [6.45, 7) is 10.8. The van der Waals surface area contributed by atoms with E-state index in [0.29, 0.717) is 24.1 Å². The number of ether oxygens (including phenoxy) is 1. The zero-order chi connectivity index (χ0) is 28.2. The highest BCUT2D eigenvalue weighted by atomic mass is 16.6. The van der Waals surface area contributed by atoms with Crippen LogP contribution in [0.15, 0.2) is 42.5 Å². The molecule has 2 atom stereocenters. The van der Waals surface area contributed by atoms with Gasteiger partial charge in [0.1, 0.15) is 17.7 Å². The first-order valence-corrected chi connectivity index (χ1v) is 12.8. The Morgan fingerprint density at radius 2 is 1.63 bits per heavy atom. The fourth-order valence-electron chi connectivity index (χ4n) is 4.30. The lowest BCUT2D eigenvalue weighted by molar-refractivity contribution is -0.142. The van der Waals surface area contributed by atoms with Gasteiger partial charge in [0.25, 0.3) is 5.91 Å². The zero-order valence-electron chi connectivity index (χ0n) is 23.0. The monoisotopic (exact) mass is 522 g/mol. The summed E-state index contributed by atoms with van der Waals surface area (Å²) >= 11 is 0. The van der Waals surface area contributed by atoms with E-state index in [9.17, 15) is 19.2 Å². The Morgan fingerprint density at radius 3 is 2.21 bits per heavy atom. The predicted molar refractivity (Wildman–Crippen MR) is 145 cm³/mol. The van der Waals surface area contributed by atoms with E-state index >= 15 is 0 Å². The number of nitrogens with two attached hydrogens (primary N) is 1. The first-order valence-electron chi connectivity index (χ1n) is 12.8. The average molecular weight is 523 g/mol. The molecule has 9 heteroatoms. The van der Waals surface area contributed by atoms with Gasteiger partial charge in [-0.3, -0.25) is 14.4 Å². The van der Waals surface area contributed by atoms with Crippen LogP contribution in [0.25, 0.3) is 0 Å². The first-order chi connectivity index (χ1) is 17.8. The first kappa shape index (κ1) is 28.7. The van der Waals surface area contributed by atoms with E-state index in [0.717, 1.165) is 16.7 Å². The van der Waals surface area contributed by atoms with Crippen LogP contribution in [0.3, 0.4) is 0 Å². The minimum Gasteiger partial charge on any atom is -0.444 e. The van der Waals surface area contributed by atoms with Crippen molar-refractivity contribution >= 4 is 29.5 Å². The highest BCUT2D eigenvalue weighted by Gasteiger charge is 2.45. The number of hydrogen-bond acceptors (Lipinski definition) is 5. The number of anilines is 1. The predicted octanol–water partition coefficient (Wildman–Crippen LogP) is 4.05. The topological polar surface area (TPSA) is 131 Å². The third-order valence-electron chi connectivity index (χ3n) is 6.46. The summed E-state index contributed by atoms with van der Waals surface area (Å²) in [6.07, 6.45) is 0.113. The van der Waals surface area contributed by atoms with E-state index < -0.39 is 42.0 Å². The van der Waals surface area contributed by atoms with Crippen molar-refractivity contribution in [3.05, 3.63) is 64.7 Å². The third-order valence-corrected chi connectivity index (χ3v) is 6.46. The van der Waals surface area contributed by atoms with Gasteiger partial charge in [-0.15, -0.1) is 0 Å². The van der Waals surface area contributed by atoms with E-state index in [-0.39, 0.29) is 11.9 Å². The fraction of sp³-hybridized carbons (Fsp3) is 0.448. The van der Waals surface area contributed by atoms with Crippen LogP contribution in [-0.4, -0.2) is 46.4 Å². The molecule has 0 heterocycles. The molecule has 2 unspecified atom stereocenters. The van der Waals surface area contributed by atoms with Gasteiger partial charge in [0, 0.05) is 11.7 Å². The number of nitrogens with one attached hydrogen (secondary N) is 2. The molecule has 0 spiro atoms. The lowest BCUT2D eigenvalue weighted by atomic mass is 9.94. The SMILES string of the molecule is Cc1ccccc1NC(=O)C(c1cccc(C)c1C)N(C(=O)C(CC(N)=O)NC(=O)OC(C)(C)C)C1CC1. The molecule has 0 radical (unpaired) electrons. The summed E-state index contributed by atoms with van der Waals surface area (Å²) in [7, 11) is 0. The second-order valence-corrected chi connectivity index (χ2v) is 10.8. The lowest BCUT2D eigenvalue weighted by Gasteiger charge is -2.35. The summed E-state index contributed by atoms with van der Waals surface area (Å²) in [5.74, 6) is -1.71. The summed E-state index contributed by atoms with van der Waals surface area (Å²) in [5, 5.41) is 5.50. The van der Waals surface area contributed by atoms with Crippen LogP contribution in [-0.2, 0) is 19.1 Å². The molecule has 0 aliphatic heterocycles. The lowest BCUT2D eigenvalue weighted by Crippen LogP contribution is -2.54. The molecule has 2 aromatic rings. The molecule has 0 aromatic heterocycles. The molecule has 4 N–H and O–H groups in total. The fourth-order valence-corrected chi connectivity index (χ4v) is 4.30. The second kappa shape index (κ2) is 11.7. The molecule has 3 rings (SSSR count). The summed E-state index contributed by atoms with van der Waals surface area (Å²) in [5.41, 5.74) is 8.68. The Labute approximate surface area is 224 Å². The molecular weight excluding hydrogens is 484 g/mol. The summed E-state index contributed by atoms with van der Waals surface area (Å²) in [4.78, 5) is 54.0. The Kier molecular flexibility index (Phi) is 8.81. The van der Waals surface area contributed by atoms with Crippen molar-refractivity contribution in [3.8, 4) is 0 Å². The normalized spacial score (nSPS) is 14.7. The van der Waals surface area contributed by atoms with Gasteiger partial charge < -0.3 is 26.0 Å². The van der Waals surface area contributed by atoms with Crippen LogP contribution in [0.1, 0.15) is 68.3 Å². The molecule has 2 aromatic carbocycles. The molecule has 204 valence electrons. The van der Waals surface area contributed by atoms with E-state index in [4.69, 9.17) is 10.5 Å². The molecule has 0 bridgehead atoms. The molecular formula is C29H38N4O5. The van der Waals surface area contributed by atoms with Crippen molar-refractivity contribution in [1.29, 1.82) is 0 Å². The number of aryl methyl sites for hydroxylation is 2. The van der Waals surface area contributed by atoms with Gasteiger partial charge in [-0.2, -0.15) is 0 Å². The maximum atomic E-state index is 14.1. The van der Waals surface area contributed by atoms with Gasteiger partial charge in [-0.05, 0) is 82.7 Å². The minimum absolute atomic E-state index is 0.231. The van der Waals surface area contributed by atoms with Crippen LogP contribution < -0.4 is 16.4 Å². The van der Waals surface area contributed by atoms with Crippen LogP contribution >= 0.6 is 0 Å². The molecule has 1 aliphatic rings. The summed E-state index contributed by atoms with van der Waals surface area (Å²) in [6, 6.07) is 10.5. The number of carbonyl (C=O) groups excluding carboxylic acids is 4. The van der Waals surface area contributed by atoms with Crippen LogP contribution in [0.4, 0.5) is 10.5 Å².